The van der Waals surface area contributed by atoms with Crippen molar-refractivity contribution >= 4 is 63.9 Å². The third-order valence-electron chi connectivity index (χ3n) is 11.2. The molecule has 4 aliphatic rings. The summed E-state index contributed by atoms with van der Waals surface area (Å²) in [7, 11) is 1.48. The number of allylic oxidation sites excluding steroid dienone is 2. The number of ether oxygens (including phenoxy) is 1. The van der Waals surface area contributed by atoms with E-state index in [0.29, 0.717) is 21.9 Å². The summed E-state index contributed by atoms with van der Waals surface area (Å²) < 4.78 is 20.8. The number of fused-ring (bicyclic) bond motifs is 4. The number of carbonyl (C=O) groups is 4. The number of hydrogen-bond acceptors (Lipinski definition) is 9. The second kappa shape index (κ2) is 13.0. The molecule has 4 amide bonds. The lowest BCUT2D eigenvalue weighted by Gasteiger charge is -2.50. The number of nitro groups is 1. The summed E-state index contributed by atoms with van der Waals surface area (Å²) in [4.78, 5) is 70.5. The number of phenols is 1. The van der Waals surface area contributed by atoms with Gasteiger partial charge >= 0.3 is 0 Å². The molecule has 1 saturated carbocycles. The van der Waals surface area contributed by atoms with Crippen LogP contribution < -0.4 is 15.1 Å². The van der Waals surface area contributed by atoms with Gasteiger partial charge in [0.25, 0.3) is 17.5 Å². The number of hydrazine groups is 1. The van der Waals surface area contributed by atoms with Crippen LogP contribution >= 0.6 is 23.2 Å². The number of hydrogen-bond donors (Lipinski definition) is 2. The van der Waals surface area contributed by atoms with Crippen LogP contribution in [0.3, 0.4) is 0 Å². The molecule has 4 aromatic rings. The van der Waals surface area contributed by atoms with Gasteiger partial charge in [-0.25, -0.2) is 9.29 Å². The van der Waals surface area contributed by atoms with E-state index in [1.807, 2.05) is 0 Å². The Kier molecular flexibility index (Phi) is 8.46. The SMILES string of the molecule is COc1ccc(C23C(=O)N(Nc4ccc(Cl)cc4Cl)C(=O)C2CC2C(=CCC4C(=O)N(c5cccc([N+](=O)[O-])c5)C(=O)C42)C3c2ccc(O)c(F)c2)cc1. The van der Waals surface area contributed by atoms with Gasteiger partial charge in [0, 0.05) is 23.1 Å². The molecular weight excluding hydrogens is 742 g/mol. The Morgan fingerprint density at radius 2 is 1.70 bits per heavy atom. The topological polar surface area (TPSA) is 159 Å². The molecule has 2 N–H and O–H groups in total. The molecule has 15 heteroatoms. The highest BCUT2D eigenvalue weighted by Gasteiger charge is 2.70. The summed E-state index contributed by atoms with van der Waals surface area (Å²) in [5, 5.41) is 23.2. The first-order valence-electron chi connectivity index (χ1n) is 16.9. The molecule has 2 heterocycles. The quantitative estimate of drug-likeness (QED) is 0.0878. The number of rotatable bonds is 7. The first-order valence-corrected chi connectivity index (χ1v) is 17.7. The van der Waals surface area contributed by atoms with Crippen LogP contribution in [-0.2, 0) is 24.6 Å². The fourth-order valence-electron chi connectivity index (χ4n) is 8.92. The van der Waals surface area contributed by atoms with Crippen LogP contribution in [-0.4, -0.2) is 45.8 Å². The number of aromatic hydroxyl groups is 1. The average Bonchev–Trinajstić information content (AvgIpc) is 3.54. The molecule has 0 radical (unpaired) electrons. The van der Waals surface area contributed by atoms with Crippen molar-refractivity contribution in [2.45, 2.75) is 24.2 Å². The van der Waals surface area contributed by atoms with Crippen LogP contribution in [0.2, 0.25) is 10.0 Å². The van der Waals surface area contributed by atoms with E-state index in [1.165, 1.54) is 49.6 Å². The number of anilines is 2. The Bertz CT molecular complexity index is 2340. The molecule has 2 saturated heterocycles. The maximum Gasteiger partial charge on any atom is 0.271 e. The molecule has 8 rings (SSSR count). The summed E-state index contributed by atoms with van der Waals surface area (Å²) in [5.74, 6) is -8.52. The zero-order valence-electron chi connectivity index (χ0n) is 28.2. The average molecular weight is 772 g/mol. The van der Waals surface area contributed by atoms with Gasteiger partial charge in [0.15, 0.2) is 11.6 Å². The van der Waals surface area contributed by atoms with Crippen LogP contribution in [0.1, 0.15) is 29.9 Å². The van der Waals surface area contributed by atoms with E-state index < -0.39 is 75.1 Å². The normalized spacial score (nSPS) is 25.9. The minimum atomic E-state index is -1.74. The van der Waals surface area contributed by atoms with Crippen molar-refractivity contribution in [2.75, 3.05) is 17.4 Å². The number of nitro benzene ring substituents is 1. The summed E-state index contributed by atoms with van der Waals surface area (Å²) >= 11 is 12.6. The van der Waals surface area contributed by atoms with E-state index in [4.69, 9.17) is 27.9 Å². The molecule has 0 bridgehead atoms. The number of halogens is 3. The number of benzene rings is 4. The number of phenolic OH excluding ortho intramolecular Hbond substituents is 1. The van der Waals surface area contributed by atoms with Gasteiger partial charge in [0.1, 0.15) is 5.75 Å². The maximum absolute atomic E-state index is 15.4. The van der Waals surface area contributed by atoms with Crippen LogP contribution in [0, 0.1) is 39.6 Å². The predicted octanol–water partition coefficient (Wildman–Crippen LogP) is 6.94. The number of nitrogens with one attached hydrogen (secondary N) is 1. The standard InChI is InChI=1S/C39H29Cl2FN4O8/c1-54-24-9-6-20(7-10-24)39-28(36(49)45(38(39)51)43-31-13-8-21(40)16-29(31)41)18-27-25(34(39)19-5-14-32(47)30(42)15-19)11-12-26-33(27)37(50)44(35(26)48)22-3-2-4-23(17-22)46(52)53/h2-11,13-17,26-28,33-34,43,47H,12,18H2,1H3. The van der Waals surface area contributed by atoms with E-state index in [1.54, 1.807) is 30.3 Å². The van der Waals surface area contributed by atoms with Gasteiger partial charge in [-0.3, -0.25) is 34.7 Å². The largest absolute Gasteiger partial charge is 0.505 e. The summed E-state index contributed by atoms with van der Waals surface area (Å²) in [6.45, 7) is 0. The summed E-state index contributed by atoms with van der Waals surface area (Å²) in [5.41, 5.74) is 2.30. The van der Waals surface area contributed by atoms with Crippen LogP contribution in [0.5, 0.6) is 11.5 Å². The van der Waals surface area contributed by atoms with Crippen molar-refractivity contribution in [3.63, 3.8) is 0 Å². The molecular formula is C39H29Cl2FN4O8. The van der Waals surface area contributed by atoms with E-state index >= 15 is 9.18 Å². The number of nitrogens with zero attached hydrogens (tertiary/aromatic N) is 3. The first kappa shape index (κ1) is 35.3. The number of imide groups is 2. The third-order valence-corrected chi connectivity index (χ3v) is 11.7. The van der Waals surface area contributed by atoms with Crippen molar-refractivity contribution in [1.29, 1.82) is 0 Å². The fraction of sp³-hybridized carbons (Fsp3) is 0.231. The van der Waals surface area contributed by atoms with E-state index in [-0.39, 0.29) is 40.5 Å². The van der Waals surface area contributed by atoms with Crippen molar-refractivity contribution in [3.8, 4) is 11.5 Å². The number of methoxy groups -OCH3 is 1. The van der Waals surface area contributed by atoms with Gasteiger partial charge in [-0.15, -0.1) is 0 Å². The van der Waals surface area contributed by atoms with Gasteiger partial charge in [0.2, 0.25) is 11.8 Å². The lowest BCUT2D eigenvalue weighted by atomic mass is 9.49. The second-order valence-electron chi connectivity index (χ2n) is 13.7. The molecule has 4 aromatic carbocycles. The minimum absolute atomic E-state index is 0.0398. The lowest BCUT2D eigenvalue weighted by molar-refractivity contribution is -0.384. The number of amides is 4. The zero-order chi connectivity index (χ0) is 38.2. The maximum atomic E-state index is 15.4. The Morgan fingerprint density at radius 1 is 0.944 bits per heavy atom. The molecule has 0 aromatic heterocycles. The monoisotopic (exact) mass is 770 g/mol. The molecule has 2 aliphatic heterocycles. The van der Waals surface area contributed by atoms with Gasteiger partial charge < -0.3 is 9.84 Å². The molecule has 6 atom stereocenters. The highest BCUT2D eigenvalue weighted by atomic mass is 35.5. The minimum Gasteiger partial charge on any atom is -0.505 e. The highest BCUT2D eigenvalue weighted by molar-refractivity contribution is 6.36. The fourth-order valence-corrected chi connectivity index (χ4v) is 9.37. The van der Waals surface area contributed by atoms with E-state index in [2.05, 4.69) is 5.43 Å². The highest BCUT2D eigenvalue weighted by Crippen LogP contribution is 2.64. The van der Waals surface area contributed by atoms with Gasteiger partial charge in [-0.05, 0) is 78.4 Å². The van der Waals surface area contributed by atoms with Crippen molar-refractivity contribution in [3.05, 3.63) is 134 Å². The second-order valence-corrected chi connectivity index (χ2v) is 14.6. The summed E-state index contributed by atoms with van der Waals surface area (Å²) in [6.07, 6.45) is 1.79. The summed E-state index contributed by atoms with van der Waals surface area (Å²) in [6, 6.07) is 20.1. The van der Waals surface area contributed by atoms with Crippen molar-refractivity contribution < 1.29 is 38.3 Å². The van der Waals surface area contributed by atoms with Crippen molar-refractivity contribution in [2.24, 2.45) is 23.7 Å². The smallest absolute Gasteiger partial charge is 0.271 e. The molecule has 3 fully saturated rings. The number of carbonyl (C=O) groups excluding carboxylic acids is 4. The van der Waals surface area contributed by atoms with Crippen LogP contribution in [0.25, 0.3) is 0 Å². The van der Waals surface area contributed by atoms with E-state index in [0.717, 1.165) is 28.1 Å². The molecule has 6 unspecified atom stereocenters. The molecule has 0 spiro atoms. The van der Waals surface area contributed by atoms with Gasteiger partial charge in [0.05, 0.1) is 51.6 Å². The van der Waals surface area contributed by atoms with Gasteiger partial charge in [-0.2, -0.15) is 5.01 Å². The predicted molar refractivity (Wildman–Crippen MR) is 194 cm³/mol. The zero-order valence-corrected chi connectivity index (χ0v) is 29.8. The lowest BCUT2D eigenvalue weighted by Crippen LogP contribution is -2.53. The van der Waals surface area contributed by atoms with Gasteiger partial charge in [-0.1, -0.05) is 59.1 Å². The number of non-ortho nitro benzene ring substituents is 1. The Balaban J connectivity index is 1.32. The Morgan fingerprint density at radius 3 is 2.39 bits per heavy atom. The van der Waals surface area contributed by atoms with E-state index in [9.17, 15) is 29.6 Å². The van der Waals surface area contributed by atoms with Crippen LogP contribution in [0.4, 0.5) is 21.5 Å². The first-order chi connectivity index (χ1) is 25.9. The Hall–Kier alpha value is -5.79. The molecule has 54 heavy (non-hydrogen) atoms. The third kappa shape index (κ3) is 5.17. The molecule has 274 valence electrons. The van der Waals surface area contributed by atoms with Crippen LogP contribution in [0.15, 0.2) is 96.6 Å². The Labute approximate surface area is 316 Å². The van der Waals surface area contributed by atoms with Crippen molar-refractivity contribution in [1.82, 2.24) is 5.01 Å². The molecule has 12 nitrogen and oxygen atoms in total. The molecule has 2 aliphatic carbocycles.